The van der Waals surface area contributed by atoms with Crippen molar-refractivity contribution in [1.29, 1.82) is 0 Å². The van der Waals surface area contributed by atoms with Crippen LogP contribution in [0.4, 0.5) is 4.39 Å². The zero-order valence-corrected chi connectivity index (χ0v) is 12.4. The van der Waals surface area contributed by atoms with Crippen molar-refractivity contribution in [2.75, 3.05) is 6.54 Å². The molecule has 1 amide bonds. The highest BCUT2D eigenvalue weighted by molar-refractivity contribution is 5.92. The van der Waals surface area contributed by atoms with Crippen LogP contribution in [0.5, 0.6) is 0 Å². The quantitative estimate of drug-likeness (QED) is 0.892. The number of hydrogen-bond acceptors (Lipinski definition) is 3. The van der Waals surface area contributed by atoms with E-state index in [9.17, 15) is 9.18 Å². The number of hydrogen-bond donors (Lipinski definition) is 2. The van der Waals surface area contributed by atoms with Crippen LogP contribution in [0.3, 0.4) is 0 Å². The zero-order chi connectivity index (χ0) is 15.7. The van der Waals surface area contributed by atoms with Crippen LogP contribution in [0.25, 0.3) is 11.3 Å². The second kappa shape index (κ2) is 5.57. The number of furan rings is 1. The van der Waals surface area contributed by atoms with Gasteiger partial charge in [0.2, 0.25) is 0 Å². The second-order valence-electron chi connectivity index (χ2n) is 6.02. The summed E-state index contributed by atoms with van der Waals surface area (Å²) in [7, 11) is 0. The summed E-state index contributed by atoms with van der Waals surface area (Å²) in [6.45, 7) is 2.36. The maximum Gasteiger partial charge on any atom is 0.287 e. The van der Waals surface area contributed by atoms with E-state index in [1.54, 1.807) is 24.3 Å². The van der Waals surface area contributed by atoms with Gasteiger partial charge in [-0.15, -0.1) is 0 Å². The minimum atomic E-state index is -0.389. The minimum absolute atomic E-state index is 0.236. The third-order valence-corrected chi connectivity index (χ3v) is 4.26. The Bertz CT molecular complexity index is 676. The molecule has 1 aliphatic carbocycles. The highest BCUT2D eigenvalue weighted by Crippen LogP contribution is 2.39. The van der Waals surface area contributed by atoms with Crippen molar-refractivity contribution >= 4 is 5.91 Å². The van der Waals surface area contributed by atoms with Crippen LogP contribution in [0.15, 0.2) is 40.8 Å². The molecule has 0 radical (unpaired) electrons. The standard InChI is InChI=1S/C17H19FN2O2/c1-17(10-19,12-4-5-12)20-16(21)15-9-8-14(22-15)11-2-6-13(18)7-3-11/h2-3,6-9,12H,4-5,10,19H2,1H3,(H,20,21). The fourth-order valence-electron chi connectivity index (χ4n) is 2.59. The summed E-state index contributed by atoms with van der Waals surface area (Å²) in [5.41, 5.74) is 6.14. The highest BCUT2D eigenvalue weighted by atomic mass is 19.1. The second-order valence-corrected chi connectivity index (χ2v) is 6.02. The molecule has 1 saturated carbocycles. The van der Waals surface area contributed by atoms with Crippen molar-refractivity contribution in [2.45, 2.75) is 25.3 Å². The van der Waals surface area contributed by atoms with Gasteiger partial charge < -0.3 is 15.5 Å². The first-order valence-electron chi connectivity index (χ1n) is 7.40. The molecule has 2 aromatic rings. The molecule has 0 aliphatic heterocycles. The van der Waals surface area contributed by atoms with Crippen molar-refractivity contribution in [3.63, 3.8) is 0 Å². The van der Waals surface area contributed by atoms with Crippen molar-refractivity contribution in [3.05, 3.63) is 48.0 Å². The molecular formula is C17H19FN2O2. The Balaban J connectivity index is 1.75. The van der Waals surface area contributed by atoms with Crippen LogP contribution in [-0.4, -0.2) is 18.0 Å². The Hall–Kier alpha value is -2.14. The molecular weight excluding hydrogens is 283 g/mol. The maximum absolute atomic E-state index is 12.9. The van der Waals surface area contributed by atoms with Gasteiger partial charge in [-0.1, -0.05) is 0 Å². The van der Waals surface area contributed by atoms with Gasteiger partial charge in [0.1, 0.15) is 11.6 Å². The van der Waals surface area contributed by atoms with E-state index < -0.39 is 0 Å². The summed E-state index contributed by atoms with van der Waals surface area (Å²) in [6.07, 6.45) is 2.18. The van der Waals surface area contributed by atoms with E-state index >= 15 is 0 Å². The molecule has 3 rings (SSSR count). The number of nitrogens with two attached hydrogens (primary N) is 1. The highest BCUT2D eigenvalue weighted by Gasteiger charge is 2.42. The van der Waals surface area contributed by atoms with Crippen molar-refractivity contribution in [1.82, 2.24) is 5.32 Å². The zero-order valence-electron chi connectivity index (χ0n) is 12.4. The van der Waals surface area contributed by atoms with Gasteiger partial charge in [0.05, 0.1) is 5.54 Å². The lowest BCUT2D eigenvalue weighted by Crippen LogP contribution is -2.53. The molecule has 1 unspecified atom stereocenters. The Labute approximate surface area is 128 Å². The molecule has 0 saturated heterocycles. The summed E-state index contributed by atoms with van der Waals surface area (Å²) in [5, 5.41) is 2.98. The summed E-state index contributed by atoms with van der Waals surface area (Å²) in [4.78, 5) is 12.3. The van der Waals surface area contributed by atoms with Crippen molar-refractivity contribution in [2.24, 2.45) is 11.7 Å². The monoisotopic (exact) mass is 302 g/mol. The van der Waals surface area contributed by atoms with Gasteiger partial charge in [-0.3, -0.25) is 4.79 Å². The lowest BCUT2D eigenvalue weighted by Gasteiger charge is -2.28. The van der Waals surface area contributed by atoms with Crippen LogP contribution >= 0.6 is 0 Å². The first-order chi connectivity index (χ1) is 10.5. The van der Waals surface area contributed by atoms with Crippen molar-refractivity contribution < 1.29 is 13.6 Å². The number of amides is 1. The number of nitrogens with one attached hydrogen (secondary N) is 1. The first-order valence-corrected chi connectivity index (χ1v) is 7.40. The summed E-state index contributed by atoms with van der Waals surface area (Å²) in [6, 6.07) is 9.28. The van der Waals surface area contributed by atoms with Crippen LogP contribution in [-0.2, 0) is 0 Å². The first kappa shape index (κ1) is 14.8. The number of benzene rings is 1. The normalized spacial score (nSPS) is 17.0. The van der Waals surface area contributed by atoms with Crippen LogP contribution in [0, 0.1) is 11.7 Å². The van der Waals surface area contributed by atoms with E-state index in [1.165, 1.54) is 12.1 Å². The van der Waals surface area contributed by atoms with E-state index in [0.717, 1.165) is 18.4 Å². The van der Waals surface area contributed by atoms with Gasteiger partial charge in [0.15, 0.2) is 5.76 Å². The Morgan fingerprint density at radius 2 is 2.00 bits per heavy atom. The van der Waals surface area contributed by atoms with E-state index in [1.807, 2.05) is 6.92 Å². The smallest absolute Gasteiger partial charge is 0.287 e. The van der Waals surface area contributed by atoms with Gasteiger partial charge in [-0.25, -0.2) is 4.39 Å². The lowest BCUT2D eigenvalue weighted by molar-refractivity contribution is 0.0870. The van der Waals surface area contributed by atoms with Gasteiger partial charge >= 0.3 is 0 Å². The molecule has 1 aromatic heterocycles. The molecule has 0 spiro atoms. The average Bonchev–Trinajstić information content (AvgIpc) is 3.26. The maximum atomic E-state index is 12.9. The number of carbonyl (C=O) groups excluding carboxylic acids is 1. The molecule has 4 nitrogen and oxygen atoms in total. The fraction of sp³-hybridized carbons (Fsp3) is 0.353. The number of rotatable bonds is 5. The van der Waals surface area contributed by atoms with Crippen LogP contribution in [0.1, 0.15) is 30.3 Å². The third-order valence-electron chi connectivity index (χ3n) is 4.26. The average molecular weight is 302 g/mol. The predicted octanol–water partition coefficient (Wildman–Crippen LogP) is 2.94. The molecule has 3 N–H and O–H groups in total. The molecule has 116 valence electrons. The number of carbonyl (C=O) groups is 1. The third kappa shape index (κ3) is 2.90. The van der Waals surface area contributed by atoms with E-state index in [2.05, 4.69) is 5.32 Å². The fourth-order valence-corrected chi connectivity index (χ4v) is 2.59. The molecule has 0 bridgehead atoms. The Morgan fingerprint density at radius 1 is 1.32 bits per heavy atom. The molecule has 1 atom stereocenters. The Kier molecular flexibility index (Phi) is 3.74. The summed E-state index contributed by atoms with van der Waals surface area (Å²) >= 11 is 0. The van der Waals surface area contributed by atoms with E-state index in [0.29, 0.717) is 18.2 Å². The van der Waals surface area contributed by atoms with Gasteiger partial charge in [-0.05, 0) is 62.1 Å². The van der Waals surface area contributed by atoms with Gasteiger partial charge in [-0.2, -0.15) is 0 Å². The molecule has 1 heterocycles. The van der Waals surface area contributed by atoms with Crippen molar-refractivity contribution in [3.8, 4) is 11.3 Å². The topological polar surface area (TPSA) is 68.3 Å². The number of halogens is 1. The molecule has 1 aliphatic rings. The van der Waals surface area contributed by atoms with Crippen LogP contribution in [0.2, 0.25) is 0 Å². The molecule has 1 fully saturated rings. The summed E-state index contributed by atoms with van der Waals surface area (Å²) in [5.74, 6) is 0.628. The lowest BCUT2D eigenvalue weighted by atomic mass is 9.96. The summed E-state index contributed by atoms with van der Waals surface area (Å²) < 4.78 is 18.5. The van der Waals surface area contributed by atoms with Crippen LogP contribution < -0.4 is 11.1 Å². The van der Waals surface area contributed by atoms with Gasteiger partial charge in [0.25, 0.3) is 5.91 Å². The minimum Gasteiger partial charge on any atom is -0.451 e. The molecule has 5 heteroatoms. The molecule has 1 aromatic carbocycles. The predicted molar refractivity (Wildman–Crippen MR) is 81.8 cm³/mol. The largest absolute Gasteiger partial charge is 0.451 e. The SMILES string of the molecule is CC(CN)(NC(=O)c1ccc(-c2ccc(F)cc2)o1)C1CC1. The van der Waals surface area contributed by atoms with Gasteiger partial charge in [0, 0.05) is 12.1 Å². The van der Waals surface area contributed by atoms with E-state index in [-0.39, 0.29) is 23.0 Å². The molecule has 22 heavy (non-hydrogen) atoms. The Morgan fingerprint density at radius 3 is 2.59 bits per heavy atom. The van der Waals surface area contributed by atoms with E-state index in [4.69, 9.17) is 10.2 Å².